The summed E-state index contributed by atoms with van der Waals surface area (Å²) in [7, 11) is 0. The van der Waals surface area contributed by atoms with E-state index in [2.05, 4.69) is 24.0 Å². The number of hydrogen-bond donors (Lipinski definition) is 1. The van der Waals surface area contributed by atoms with E-state index in [4.69, 9.17) is 4.74 Å². The van der Waals surface area contributed by atoms with Crippen molar-refractivity contribution in [3.8, 4) is 0 Å². The number of rotatable bonds is 3. The lowest BCUT2D eigenvalue weighted by Crippen LogP contribution is -2.32. The molecule has 5 nitrogen and oxygen atoms in total. The van der Waals surface area contributed by atoms with E-state index in [-0.39, 0.29) is 12.1 Å². The zero-order valence-corrected chi connectivity index (χ0v) is 12.2. The van der Waals surface area contributed by atoms with Crippen LogP contribution < -0.4 is 0 Å². The smallest absolute Gasteiger partial charge is 0.410 e. The largest absolute Gasteiger partial charge is 0.445 e. The van der Waals surface area contributed by atoms with Gasteiger partial charge in [-0.05, 0) is 11.5 Å². The van der Waals surface area contributed by atoms with E-state index in [0.29, 0.717) is 19.1 Å². The van der Waals surface area contributed by atoms with Crippen LogP contribution >= 0.6 is 0 Å². The standard InChI is InChI=1S/C16H19N3O2/c1-11(2)15-13-8-17-18-14(13)9-19(15)16(20)21-10-12-6-4-3-5-7-12/h3-8,11,15H,9-10H2,1-2H3,(H,17,18). The molecule has 110 valence electrons. The van der Waals surface area contributed by atoms with Gasteiger partial charge >= 0.3 is 6.09 Å². The second kappa shape index (κ2) is 5.60. The van der Waals surface area contributed by atoms with Crippen molar-refractivity contribution in [3.63, 3.8) is 0 Å². The average molecular weight is 285 g/mol. The number of H-pyrrole nitrogens is 1. The first-order chi connectivity index (χ1) is 10.2. The maximum atomic E-state index is 12.4. The van der Waals surface area contributed by atoms with Crippen molar-refractivity contribution in [1.82, 2.24) is 15.1 Å². The van der Waals surface area contributed by atoms with E-state index in [9.17, 15) is 4.79 Å². The van der Waals surface area contributed by atoms with E-state index in [1.54, 1.807) is 4.90 Å². The molecule has 1 aliphatic rings. The summed E-state index contributed by atoms with van der Waals surface area (Å²) in [5.41, 5.74) is 3.10. The van der Waals surface area contributed by atoms with Crippen LogP contribution in [0.3, 0.4) is 0 Å². The molecule has 0 saturated heterocycles. The number of benzene rings is 1. The predicted molar refractivity (Wildman–Crippen MR) is 78.3 cm³/mol. The summed E-state index contributed by atoms with van der Waals surface area (Å²) in [5, 5.41) is 7.02. The molecule has 1 unspecified atom stereocenters. The Morgan fingerprint density at radius 2 is 2.19 bits per heavy atom. The summed E-state index contributed by atoms with van der Waals surface area (Å²) in [6.45, 7) is 5.04. The fraction of sp³-hybridized carbons (Fsp3) is 0.375. The van der Waals surface area contributed by atoms with Crippen LogP contribution in [-0.4, -0.2) is 21.2 Å². The quantitative estimate of drug-likeness (QED) is 0.941. The Morgan fingerprint density at radius 1 is 1.43 bits per heavy atom. The fourth-order valence-corrected chi connectivity index (χ4v) is 2.84. The molecule has 3 rings (SSSR count). The van der Waals surface area contributed by atoms with Crippen molar-refractivity contribution in [1.29, 1.82) is 0 Å². The Kier molecular flexibility index (Phi) is 3.64. The van der Waals surface area contributed by atoms with Gasteiger partial charge in [0, 0.05) is 5.56 Å². The second-order valence-corrected chi connectivity index (χ2v) is 5.66. The van der Waals surface area contributed by atoms with Gasteiger partial charge in [0.15, 0.2) is 0 Å². The van der Waals surface area contributed by atoms with Crippen LogP contribution in [0.2, 0.25) is 0 Å². The van der Waals surface area contributed by atoms with Gasteiger partial charge in [-0.25, -0.2) is 4.79 Å². The third-order valence-electron chi connectivity index (χ3n) is 3.81. The van der Waals surface area contributed by atoms with Crippen molar-refractivity contribution in [2.75, 3.05) is 0 Å². The molecule has 1 amide bonds. The summed E-state index contributed by atoms with van der Waals surface area (Å²) in [5.74, 6) is 0.313. The van der Waals surface area contributed by atoms with E-state index in [1.165, 1.54) is 0 Å². The number of aromatic amines is 1. The number of aromatic nitrogens is 2. The summed E-state index contributed by atoms with van der Waals surface area (Å²) < 4.78 is 5.45. The van der Waals surface area contributed by atoms with Crippen LogP contribution in [0.25, 0.3) is 0 Å². The van der Waals surface area contributed by atoms with Gasteiger partial charge in [0.05, 0.1) is 24.5 Å². The minimum absolute atomic E-state index is 0.0297. The molecule has 1 aliphatic heterocycles. The molecule has 21 heavy (non-hydrogen) atoms. The number of hydrogen-bond acceptors (Lipinski definition) is 3. The van der Waals surface area contributed by atoms with Crippen molar-refractivity contribution in [2.45, 2.75) is 33.0 Å². The number of carbonyl (C=O) groups excluding carboxylic acids is 1. The Morgan fingerprint density at radius 3 is 2.90 bits per heavy atom. The van der Waals surface area contributed by atoms with Crippen LogP contribution in [0.4, 0.5) is 4.79 Å². The van der Waals surface area contributed by atoms with Crippen molar-refractivity contribution >= 4 is 6.09 Å². The predicted octanol–water partition coefficient (Wildman–Crippen LogP) is 3.26. The van der Waals surface area contributed by atoms with Crippen LogP contribution in [0.15, 0.2) is 36.5 Å². The van der Waals surface area contributed by atoms with Gasteiger partial charge in [0.1, 0.15) is 6.61 Å². The molecule has 0 spiro atoms. The zero-order chi connectivity index (χ0) is 14.8. The first kappa shape index (κ1) is 13.7. The van der Waals surface area contributed by atoms with E-state index < -0.39 is 0 Å². The summed E-state index contributed by atoms with van der Waals surface area (Å²) >= 11 is 0. The molecule has 1 N–H and O–H groups in total. The molecule has 0 fully saturated rings. The molecule has 0 radical (unpaired) electrons. The first-order valence-corrected chi connectivity index (χ1v) is 7.16. The lowest BCUT2D eigenvalue weighted by Gasteiger charge is -2.27. The molecule has 0 bridgehead atoms. The van der Waals surface area contributed by atoms with Gasteiger partial charge in [-0.15, -0.1) is 0 Å². The van der Waals surface area contributed by atoms with Crippen molar-refractivity contribution in [3.05, 3.63) is 53.3 Å². The van der Waals surface area contributed by atoms with Gasteiger partial charge in [-0.1, -0.05) is 44.2 Å². The van der Waals surface area contributed by atoms with E-state index in [1.807, 2.05) is 36.5 Å². The number of amides is 1. The first-order valence-electron chi connectivity index (χ1n) is 7.16. The Hall–Kier alpha value is -2.30. The molecule has 1 aromatic heterocycles. The lowest BCUT2D eigenvalue weighted by molar-refractivity contribution is 0.0737. The summed E-state index contributed by atoms with van der Waals surface area (Å²) in [6, 6.07) is 9.74. The molecule has 0 saturated carbocycles. The SMILES string of the molecule is CC(C)C1c2cn[nH]c2CN1C(=O)OCc1ccccc1. The van der Waals surface area contributed by atoms with Crippen LogP contribution in [0.1, 0.15) is 36.7 Å². The monoisotopic (exact) mass is 285 g/mol. The third-order valence-corrected chi connectivity index (χ3v) is 3.81. The van der Waals surface area contributed by atoms with Crippen LogP contribution in [0, 0.1) is 5.92 Å². The molecule has 1 atom stereocenters. The number of carbonyl (C=O) groups is 1. The number of ether oxygens (including phenoxy) is 1. The minimum Gasteiger partial charge on any atom is -0.445 e. The van der Waals surface area contributed by atoms with Crippen molar-refractivity contribution in [2.24, 2.45) is 5.92 Å². The van der Waals surface area contributed by atoms with E-state index >= 15 is 0 Å². The molecule has 5 heteroatoms. The topological polar surface area (TPSA) is 58.2 Å². The Labute approximate surface area is 123 Å². The molecular formula is C16H19N3O2. The molecule has 2 heterocycles. The van der Waals surface area contributed by atoms with E-state index in [0.717, 1.165) is 16.8 Å². The fourth-order valence-electron chi connectivity index (χ4n) is 2.84. The molecule has 1 aromatic carbocycles. The number of fused-ring (bicyclic) bond motifs is 1. The average Bonchev–Trinajstić information content (AvgIpc) is 3.05. The normalized spacial score (nSPS) is 17.1. The Bertz CT molecular complexity index is 621. The highest BCUT2D eigenvalue weighted by Gasteiger charge is 2.37. The highest BCUT2D eigenvalue weighted by atomic mass is 16.6. The molecular weight excluding hydrogens is 266 g/mol. The van der Waals surface area contributed by atoms with Crippen LogP contribution in [-0.2, 0) is 17.9 Å². The van der Waals surface area contributed by atoms with Crippen molar-refractivity contribution < 1.29 is 9.53 Å². The number of nitrogens with zero attached hydrogens (tertiary/aromatic N) is 2. The van der Waals surface area contributed by atoms with Gasteiger partial charge < -0.3 is 4.74 Å². The summed E-state index contributed by atoms with van der Waals surface area (Å²) in [4.78, 5) is 14.1. The number of nitrogens with one attached hydrogen (secondary N) is 1. The van der Waals surface area contributed by atoms with Gasteiger partial charge in [0.25, 0.3) is 0 Å². The van der Waals surface area contributed by atoms with Crippen LogP contribution in [0.5, 0.6) is 0 Å². The lowest BCUT2D eigenvalue weighted by atomic mass is 9.99. The summed E-state index contributed by atoms with van der Waals surface area (Å²) in [6.07, 6.45) is 1.53. The second-order valence-electron chi connectivity index (χ2n) is 5.66. The minimum atomic E-state index is -0.276. The van der Waals surface area contributed by atoms with Gasteiger partial charge in [0.2, 0.25) is 0 Å². The van der Waals surface area contributed by atoms with Gasteiger partial charge in [-0.3, -0.25) is 10.00 Å². The molecule has 2 aromatic rings. The van der Waals surface area contributed by atoms with Gasteiger partial charge in [-0.2, -0.15) is 5.10 Å². The zero-order valence-electron chi connectivity index (χ0n) is 12.2. The maximum absolute atomic E-state index is 12.4. The Balaban J connectivity index is 1.69. The molecule has 0 aliphatic carbocycles. The maximum Gasteiger partial charge on any atom is 0.410 e. The third kappa shape index (κ3) is 2.63. The highest BCUT2D eigenvalue weighted by molar-refractivity contribution is 5.69. The highest BCUT2D eigenvalue weighted by Crippen LogP contribution is 2.37.